The van der Waals surface area contributed by atoms with Crippen LogP contribution in [0.5, 0.6) is 0 Å². The van der Waals surface area contributed by atoms with Crippen LogP contribution in [0.2, 0.25) is 0 Å². The van der Waals surface area contributed by atoms with Gasteiger partial charge in [-0.2, -0.15) is 0 Å². The molecule has 2 amide bonds. The van der Waals surface area contributed by atoms with E-state index in [4.69, 9.17) is 9.52 Å². The molecule has 2 N–H and O–H groups in total. The first kappa shape index (κ1) is 15.1. The predicted molar refractivity (Wildman–Crippen MR) is 69.8 cm³/mol. The second-order valence-corrected chi connectivity index (χ2v) is 4.50. The number of carboxylic acid groups (broad SMARTS) is 1. The molecule has 0 bridgehead atoms. The van der Waals surface area contributed by atoms with Gasteiger partial charge in [-0.1, -0.05) is 13.3 Å². The van der Waals surface area contributed by atoms with Crippen molar-refractivity contribution >= 4 is 12.0 Å². The van der Waals surface area contributed by atoms with Gasteiger partial charge in [0.15, 0.2) is 0 Å². The molecule has 0 radical (unpaired) electrons. The Morgan fingerprint density at radius 2 is 2.16 bits per heavy atom. The van der Waals surface area contributed by atoms with Gasteiger partial charge in [0.25, 0.3) is 0 Å². The van der Waals surface area contributed by atoms with Crippen LogP contribution in [-0.2, 0) is 11.3 Å². The molecule has 0 spiro atoms. The van der Waals surface area contributed by atoms with E-state index in [0.29, 0.717) is 25.1 Å². The molecule has 0 fully saturated rings. The maximum Gasteiger partial charge on any atom is 0.326 e. The largest absolute Gasteiger partial charge is 0.480 e. The van der Waals surface area contributed by atoms with Gasteiger partial charge in [-0.05, 0) is 25.5 Å². The number of hydrogen-bond donors (Lipinski definition) is 2. The van der Waals surface area contributed by atoms with E-state index >= 15 is 0 Å². The molecule has 1 aromatic rings. The number of furan rings is 1. The van der Waals surface area contributed by atoms with E-state index in [9.17, 15) is 9.59 Å². The zero-order valence-electron chi connectivity index (χ0n) is 11.5. The Labute approximate surface area is 112 Å². The van der Waals surface area contributed by atoms with Gasteiger partial charge < -0.3 is 19.7 Å². The molecule has 106 valence electrons. The van der Waals surface area contributed by atoms with Gasteiger partial charge in [0.2, 0.25) is 0 Å². The fraction of sp³-hybridized carbons (Fsp3) is 0.538. The molecule has 6 heteroatoms. The van der Waals surface area contributed by atoms with Gasteiger partial charge in [-0.15, -0.1) is 0 Å². The SMILES string of the molecule is CCC[C@@H](NC(=O)N(C)Cc1ccc(C)o1)C(=O)O. The molecule has 0 aliphatic rings. The highest BCUT2D eigenvalue weighted by Gasteiger charge is 2.21. The summed E-state index contributed by atoms with van der Waals surface area (Å²) in [7, 11) is 1.60. The average Bonchev–Trinajstić information content (AvgIpc) is 2.73. The summed E-state index contributed by atoms with van der Waals surface area (Å²) >= 11 is 0. The number of urea groups is 1. The maximum atomic E-state index is 11.9. The number of aliphatic carboxylic acids is 1. The van der Waals surface area contributed by atoms with Crippen molar-refractivity contribution in [1.29, 1.82) is 0 Å². The number of rotatable bonds is 6. The van der Waals surface area contributed by atoms with E-state index in [1.165, 1.54) is 4.90 Å². The Bertz CT molecular complexity index is 442. The standard InChI is InChI=1S/C13H20N2O4/c1-4-5-11(12(16)17)14-13(18)15(3)8-10-7-6-9(2)19-10/h6-7,11H,4-5,8H2,1-3H3,(H,14,18)(H,16,17)/t11-/m1/s1. The van der Waals surface area contributed by atoms with Crippen molar-refractivity contribution in [2.75, 3.05) is 7.05 Å². The fourth-order valence-electron chi connectivity index (χ4n) is 1.68. The highest BCUT2D eigenvalue weighted by Crippen LogP contribution is 2.09. The molecule has 1 heterocycles. The monoisotopic (exact) mass is 268 g/mol. The van der Waals surface area contributed by atoms with Crippen LogP contribution in [0.4, 0.5) is 4.79 Å². The van der Waals surface area contributed by atoms with E-state index in [2.05, 4.69) is 5.32 Å². The summed E-state index contributed by atoms with van der Waals surface area (Å²) in [4.78, 5) is 24.2. The van der Waals surface area contributed by atoms with Crippen LogP contribution in [0.3, 0.4) is 0 Å². The summed E-state index contributed by atoms with van der Waals surface area (Å²) in [6.07, 6.45) is 1.10. The van der Waals surface area contributed by atoms with Crippen LogP contribution in [0.25, 0.3) is 0 Å². The molecule has 0 aliphatic heterocycles. The van der Waals surface area contributed by atoms with Crippen LogP contribution >= 0.6 is 0 Å². The Hall–Kier alpha value is -1.98. The van der Waals surface area contributed by atoms with Crippen molar-refractivity contribution in [2.45, 2.75) is 39.3 Å². The molecule has 0 saturated heterocycles. The third-order valence-electron chi connectivity index (χ3n) is 2.71. The number of amides is 2. The fourth-order valence-corrected chi connectivity index (χ4v) is 1.68. The second-order valence-electron chi connectivity index (χ2n) is 4.50. The first-order valence-corrected chi connectivity index (χ1v) is 6.23. The van der Waals surface area contributed by atoms with Crippen molar-refractivity contribution in [3.05, 3.63) is 23.7 Å². The summed E-state index contributed by atoms with van der Waals surface area (Å²) < 4.78 is 5.37. The second kappa shape index (κ2) is 6.82. The summed E-state index contributed by atoms with van der Waals surface area (Å²) in [5.41, 5.74) is 0. The number of carboxylic acids is 1. The zero-order chi connectivity index (χ0) is 14.4. The lowest BCUT2D eigenvalue weighted by Gasteiger charge is -2.20. The van der Waals surface area contributed by atoms with Crippen LogP contribution in [0.15, 0.2) is 16.5 Å². The lowest BCUT2D eigenvalue weighted by atomic mass is 10.2. The van der Waals surface area contributed by atoms with Gasteiger partial charge >= 0.3 is 12.0 Å². The zero-order valence-corrected chi connectivity index (χ0v) is 11.5. The minimum Gasteiger partial charge on any atom is -0.480 e. The molecule has 1 atom stereocenters. The molecule has 1 aromatic heterocycles. The molecule has 0 unspecified atom stereocenters. The van der Waals surface area contributed by atoms with Crippen molar-refractivity contribution in [1.82, 2.24) is 10.2 Å². The van der Waals surface area contributed by atoms with E-state index < -0.39 is 18.0 Å². The lowest BCUT2D eigenvalue weighted by molar-refractivity contribution is -0.139. The molecule has 0 aromatic carbocycles. The molecule has 19 heavy (non-hydrogen) atoms. The topological polar surface area (TPSA) is 82.8 Å². The minimum atomic E-state index is -1.02. The van der Waals surface area contributed by atoms with E-state index in [-0.39, 0.29) is 0 Å². The Balaban J connectivity index is 2.54. The average molecular weight is 268 g/mol. The third-order valence-corrected chi connectivity index (χ3v) is 2.71. The lowest BCUT2D eigenvalue weighted by Crippen LogP contribution is -2.46. The third kappa shape index (κ3) is 4.65. The normalized spacial score (nSPS) is 11.9. The summed E-state index contributed by atoms with van der Waals surface area (Å²) in [6, 6.07) is 2.34. The molecule has 0 saturated carbocycles. The Morgan fingerprint density at radius 3 is 2.63 bits per heavy atom. The van der Waals surface area contributed by atoms with Gasteiger partial charge in [0, 0.05) is 7.05 Å². The number of nitrogens with one attached hydrogen (secondary N) is 1. The summed E-state index contributed by atoms with van der Waals surface area (Å²) in [6.45, 7) is 4.00. The van der Waals surface area contributed by atoms with Crippen LogP contribution in [-0.4, -0.2) is 35.1 Å². The van der Waals surface area contributed by atoms with Gasteiger partial charge in [-0.25, -0.2) is 9.59 Å². The molecule has 1 rings (SSSR count). The number of aryl methyl sites for hydroxylation is 1. The Morgan fingerprint density at radius 1 is 1.47 bits per heavy atom. The van der Waals surface area contributed by atoms with Gasteiger partial charge in [0.05, 0.1) is 6.54 Å². The van der Waals surface area contributed by atoms with Crippen molar-refractivity contribution in [3.8, 4) is 0 Å². The molecular weight excluding hydrogens is 248 g/mol. The smallest absolute Gasteiger partial charge is 0.326 e. The van der Waals surface area contributed by atoms with Crippen molar-refractivity contribution in [3.63, 3.8) is 0 Å². The van der Waals surface area contributed by atoms with Crippen LogP contribution in [0.1, 0.15) is 31.3 Å². The predicted octanol–water partition coefficient (Wildman–Crippen LogP) is 1.98. The van der Waals surface area contributed by atoms with E-state index in [0.717, 1.165) is 5.76 Å². The van der Waals surface area contributed by atoms with Crippen molar-refractivity contribution < 1.29 is 19.1 Å². The van der Waals surface area contributed by atoms with Crippen molar-refractivity contribution in [2.24, 2.45) is 0 Å². The summed E-state index contributed by atoms with van der Waals surface area (Å²) in [5.74, 6) is 0.424. The highest BCUT2D eigenvalue weighted by molar-refractivity contribution is 5.82. The molecule has 0 aliphatic carbocycles. The number of carbonyl (C=O) groups is 2. The number of nitrogens with zero attached hydrogens (tertiary/aromatic N) is 1. The van der Waals surface area contributed by atoms with Gasteiger partial charge in [-0.3, -0.25) is 0 Å². The Kier molecular flexibility index (Phi) is 5.41. The first-order valence-electron chi connectivity index (χ1n) is 6.23. The maximum absolute atomic E-state index is 11.9. The quantitative estimate of drug-likeness (QED) is 0.826. The first-order chi connectivity index (χ1) is 8.93. The summed E-state index contributed by atoms with van der Waals surface area (Å²) in [5, 5.41) is 11.5. The van der Waals surface area contributed by atoms with Gasteiger partial charge in [0.1, 0.15) is 17.6 Å². The highest BCUT2D eigenvalue weighted by atomic mass is 16.4. The molecule has 6 nitrogen and oxygen atoms in total. The molecular formula is C13H20N2O4. The number of hydrogen-bond acceptors (Lipinski definition) is 3. The minimum absolute atomic E-state index is 0.304. The van der Waals surface area contributed by atoms with Crippen LogP contribution in [0, 0.1) is 6.92 Å². The van der Waals surface area contributed by atoms with E-state index in [1.807, 2.05) is 19.9 Å². The number of carbonyl (C=O) groups excluding carboxylic acids is 1. The van der Waals surface area contributed by atoms with E-state index in [1.54, 1.807) is 13.1 Å². The van der Waals surface area contributed by atoms with Crippen LogP contribution < -0.4 is 5.32 Å².